The number of methoxy groups -OCH3 is 1. The van der Waals surface area contributed by atoms with Crippen LogP contribution in [-0.4, -0.2) is 46.0 Å². The summed E-state index contributed by atoms with van der Waals surface area (Å²) >= 11 is 1.36. The van der Waals surface area contributed by atoms with E-state index in [2.05, 4.69) is 30.2 Å². The van der Waals surface area contributed by atoms with Crippen molar-refractivity contribution in [1.29, 1.82) is 0 Å². The normalized spacial score (nSPS) is 14.3. The summed E-state index contributed by atoms with van der Waals surface area (Å²) in [6.07, 6.45) is 3.47. The van der Waals surface area contributed by atoms with Crippen molar-refractivity contribution in [2.24, 2.45) is 0 Å². The van der Waals surface area contributed by atoms with Crippen molar-refractivity contribution in [2.45, 2.75) is 25.8 Å². The standard InChI is InChI=1S/C18H20N6O2S/c1-26-18-22-14(21-17(23-18)24-9-5-2-6-10-24)11-19-15(25)16-20-12-7-3-4-8-13(12)27-16/h3-4,7-8H,2,5-6,9-11H2,1H3,(H,19,25). The average Bonchev–Trinajstić information content (AvgIpc) is 3.17. The van der Waals surface area contributed by atoms with E-state index < -0.39 is 0 Å². The number of hydrogen-bond acceptors (Lipinski definition) is 8. The van der Waals surface area contributed by atoms with Crippen LogP contribution in [-0.2, 0) is 6.54 Å². The number of benzene rings is 1. The molecule has 1 aromatic carbocycles. The first-order chi connectivity index (χ1) is 13.2. The van der Waals surface area contributed by atoms with E-state index in [1.807, 2.05) is 24.3 Å². The molecule has 3 aromatic rings. The number of nitrogens with one attached hydrogen (secondary N) is 1. The SMILES string of the molecule is COc1nc(CNC(=O)c2nc3ccccc3s2)nc(N2CCCCC2)n1. The van der Waals surface area contributed by atoms with Gasteiger partial charge in [-0.2, -0.15) is 15.0 Å². The first-order valence-electron chi connectivity index (χ1n) is 8.90. The van der Waals surface area contributed by atoms with Gasteiger partial charge in [0.25, 0.3) is 5.91 Å². The molecule has 1 aliphatic heterocycles. The number of para-hydroxylation sites is 1. The number of ether oxygens (including phenoxy) is 1. The Morgan fingerprint density at radius 2 is 1.96 bits per heavy atom. The van der Waals surface area contributed by atoms with Gasteiger partial charge in [-0.25, -0.2) is 4.98 Å². The van der Waals surface area contributed by atoms with E-state index in [-0.39, 0.29) is 18.5 Å². The van der Waals surface area contributed by atoms with Gasteiger partial charge in [0.1, 0.15) is 0 Å². The molecule has 1 aliphatic rings. The molecule has 1 amide bonds. The van der Waals surface area contributed by atoms with E-state index in [1.54, 1.807) is 0 Å². The quantitative estimate of drug-likeness (QED) is 0.722. The second-order valence-corrected chi connectivity index (χ2v) is 7.29. The zero-order chi connectivity index (χ0) is 18.6. The van der Waals surface area contributed by atoms with Gasteiger partial charge < -0.3 is 15.0 Å². The summed E-state index contributed by atoms with van der Waals surface area (Å²) in [5, 5.41) is 3.26. The highest BCUT2D eigenvalue weighted by Gasteiger charge is 2.18. The Labute approximate surface area is 160 Å². The molecular weight excluding hydrogens is 364 g/mol. The van der Waals surface area contributed by atoms with Crippen LogP contribution in [0.15, 0.2) is 24.3 Å². The molecule has 0 bridgehead atoms. The average molecular weight is 384 g/mol. The highest BCUT2D eigenvalue weighted by atomic mass is 32.1. The van der Waals surface area contributed by atoms with Gasteiger partial charge in [0.05, 0.1) is 23.9 Å². The molecule has 1 saturated heterocycles. The number of nitrogens with zero attached hydrogens (tertiary/aromatic N) is 5. The zero-order valence-electron chi connectivity index (χ0n) is 15.0. The van der Waals surface area contributed by atoms with Crippen molar-refractivity contribution in [1.82, 2.24) is 25.3 Å². The summed E-state index contributed by atoms with van der Waals surface area (Å²) in [7, 11) is 1.53. The van der Waals surface area contributed by atoms with Crippen molar-refractivity contribution in [3.8, 4) is 6.01 Å². The number of hydrogen-bond donors (Lipinski definition) is 1. The molecule has 0 aliphatic carbocycles. The van der Waals surface area contributed by atoms with Crippen molar-refractivity contribution in [3.63, 3.8) is 0 Å². The Kier molecular flexibility index (Phi) is 5.10. The summed E-state index contributed by atoms with van der Waals surface area (Å²) < 4.78 is 6.19. The van der Waals surface area contributed by atoms with Crippen molar-refractivity contribution in [3.05, 3.63) is 35.1 Å². The van der Waals surface area contributed by atoms with Gasteiger partial charge in [-0.15, -0.1) is 11.3 Å². The molecule has 27 heavy (non-hydrogen) atoms. The molecule has 4 rings (SSSR count). The van der Waals surface area contributed by atoms with E-state index in [0.717, 1.165) is 36.1 Å². The molecule has 1 fully saturated rings. The Bertz CT molecular complexity index is 921. The lowest BCUT2D eigenvalue weighted by Crippen LogP contribution is -2.32. The third-order valence-electron chi connectivity index (χ3n) is 4.37. The van der Waals surface area contributed by atoms with Gasteiger partial charge in [-0.05, 0) is 31.4 Å². The fourth-order valence-electron chi connectivity index (χ4n) is 3.00. The molecule has 2 aromatic heterocycles. The third kappa shape index (κ3) is 3.97. The minimum absolute atomic E-state index is 0.189. The van der Waals surface area contributed by atoms with E-state index >= 15 is 0 Å². The lowest BCUT2D eigenvalue weighted by Gasteiger charge is -2.26. The molecule has 0 spiro atoms. The number of piperidine rings is 1. The molecular formula is C18H20N6O2S. The first kappa shape index (κ1) is 17.6. The van der Waals surface area contributed by atoms with Crippen molar-refractivity contribution >= 4 is 33.4 Å². The molecule has 0 unspecified atom stereocenters. The molecule has 9 heteroatoms. The van der Waals surface area contributed by atoms with Gasteiger partial charge in [0.15, 0.2) is 10.8 Å². The minimum Gasteiger partial charge on any atom is -0.467 e. The molecule has 140 valence electrons. The van der Waals surface area contributed by atoms with E-state index in [9.17, 15) is 4.79 Å². The molecule has 8 nitrogen and oxygen atoms in total. The third-order valence-corrected chi connectivity index (χ3v) is 5.40. The fraction of sp³-hybridized carbons (Fsp3) is 0.389. The minimum atomic E-state index is -0.241. The van der Waals surface area contributed by atoms with Gasteiger partial charge in [-0.3, -0.25) is 4.79 Å². The van der Waals surface area contributed by atoms with E-state index in [1.165, 1.54) is 24.9 Å². The van der Waals surface area contributed by atoms with Gasteiger partial charge >= 0.3 is 6.01 Å². The van der Waals surface area contributed by atoms with Crippen LogP contribution in [0.1, 0.15) is 34.9 Å². The number of carbonyl (C=O) groups is 1. The molecule has 3 heterocycles. The predicted molar refractivity (Wildman–Crippen MR) is 103 cm³/mol. The Morgan fingerprint density at radius 1 is 1.15 bits per heavy atom. The van der Waals surface area contributed by atoms with Crippen LogP contribution < -0.4 is 15.0 Å². The number of anilines is 1. The van der Waals surface area contributed by atoms with Crippen LogP contribution in [0.25, 0.3) is 10.2 Å². The first-order valence-corrected chi connectivity index (χ1v) is 9.72. The second-order valence-electron chi connectivity index (χ2n) is 6.26. The zero-order valence-corrected chi connectivity index (χ0v) is 15.8. The van der Waals surface area contributed by atoms with Crippen LogP contribution in [0.3, 0.4) is 0 Å². The Morgan fingerprint density at radius 3 is 2.74 bits per heavy atom. The molecule has 0 saturated carbocycles. The van der Waals surface area contributed by atoms with Crippen molar-refractivity contribution < 1.29 is 9.53 Å². The topological polar surface area (TPSA) is 93.1 Å². The number of thiazole rings is 1. The Hall–Kier alpha value is -2.81. The number of fused-ring (bicyclic) bond motifs is 1. The van der Waals surface area contributed by atoms with Crippen LogP contribution in [0.2, 0.25) is 0 Å². The highest BCUT2D eigenvalue weighted by molar-refractivity contribution is 7.20. The largest absolute Gasteiger partial charge is 0.467 e. The van der Waals surface area contributed by atoms with Crippen molar-refractivity contribution in [2.75, 3.05) is 25.1 Å². The van der Waals surface area contributed by atoms with Gasteiger partial charge in [-0.1, -0.05) is 12.1 Å². The number of carbonyl (C=O) groups excluding carboxylic acids is 1. The predicted octanol–water partition coefficient (Wildman–Crippen LogP) is 2.41. The van der Waals surface area contributed by atoms with E-state index in [4.69, 9.17) is 4.74 Å². The van der Waals surface area contributed by atoms with E-state index in [0.29, 0.717) is 16.8 Å². The van der Waals surface area contributed by atoms with Crippen LogP contribution in [0.5, 0.6) is 6.01 Å². The summed E-state index contributed by atoms with van der Waals surface area (Å²) in [5.74, 6) is 0.831. The lowest BCUT2D eigenvalue weighted by molar-refractivity contribution is 0.0949. The summed E-state index contributed by atoms with van der Waals surface area (Å²) in [6, 6.07) is 7.94. The number of amides is 1. The van der Waals surface area contributed by atoms with Crippen LogP contribution in [0, 0.1) is 0 Å². The molecule has 0 radical (unpaired) electrons. The smallest absolute Gasteiger partial charge is 0.321 e. The van der Waals surface area contributed by atoms with Gasteiger partial charge in [0, 0.05) is 13.1 Å². The monoisotopic (exact) mass is 384 g/mol. The maximum absolute atomic E-state index is 12.5. The molecule has 0 atom stereocenters. The lowest BCUT2D eigenvalue weighted by atomic mass is 10.1. The molecule has 1 N–H and O–H groups in total. The Balaban J connectivity index is 1.48. The highest BCUT2D eigenvalue weighted by Crippen LogP contribution is 2.21. The maximum Gasteiger partial charge on any atom is 0.321 e. The second kappa shape index (κ2) is 7.83. The fourth-order valence-corrected chi connectivity index (χ4v) is 3.88. The van der Waals surface area contributed by atoms with Gasteiger partial charge in [0.2, 0.25) is 5.95 Å². The van der Waals surface area contributed by atoms with Crippen LogP contribution in [0.4, 0.5) is 5.95 Å². The summed E-state index contributed by atoms with van der Waals surface area (Å²) in [6.45, 7) is 2.03. The van der Waals surface area contributed by atoms with Crippen LogP contribution >= 0.6 is 11.3 Å². The summed E-state index contributed by atoms with van der Waals surface area (Å²) in [5.41, 5.74) is 0.821. The number of aromatic nitrogens is 4. The maximum atomic E-state index is 12.5. The summed E-state index contributed by atoms with van der Waals surface area (Å²) in [4.78, 5) is 32.1. The number of rotatable bonds is 5.